The molecule has 3 N–H and O–H groups in total. The number of aromatic nitrogens is 1. The van der Waals surface area contributed by atoms with Gasteiger partial charge in [-0.2, -0.15) is 0 Å². The second-order valence-corrected chi connectivity index (χ2v) is 5.21. The van der Waals surface area contributed by atoms with Crippen molar-refractivity contribution in [2.24, 2.45) is 5.73 Å². The van der Waals surface area contributed by atoms with Gasteiger partial charge >= 0.3 is 5.82 Å². The second-order valence-electron chi connectivity index (χ2n) is 3.44. The summed E-state index contributed by atoms with van der Waals surface area (Å²) in [7, 11) is -3.71. The van der Waals surface area contributed by atoms with Gasteiger partial charge in [0.25, 0.3) is 0 Å². The van der Waals surface area contributed by atoms with E-state index in [2.05, 4.69) is 9.71 Å². The summed E-state index contributed by atoms with van der Waals surface area (Å²) in [6.45, 7) is 1.73. The molecule has 1 aromatic heterocycles. The first-order valence-corrected chi connectivity index (χ1v) is 6.17. The highest BCUT2D eigenvalue weighted by molar-refractivity contribution is 7.89. The minimum Gasteiger partial charge on any atom is -0.358 e. The summed E-state index contributed by atoms with van der Waals surface area (Å²) in [5.74, 6) is -0.406. The first-order chi connectivity index (χ1) is 7.83. The monoisotopic (exact) mass is 260 g/mol. The fourth-order valence-corrected chi connectivity index (χ4v) is 2.05. The molecule has 1 aromatic rings. The maximum absolute atomic E-state index is 11.6. The maximum atomic E-state index is 11.6. The van der Waals surface area contributed by atoms with E-state index in [0.29, 0.717) is 0 Å². The molecule has 0 aliphatic carbocycles. The molecule has 0 aromatic carbocycles. The van der Waals surface area contributed by atoms with E-state index in [-0.39, 0.29) is 17.5 Å². The molecule has 1 heterocycles. The number of hydrogen-bond acceptors (Lipinski definition) is 6. The standard InChI is InChI=1S/C8H12N4O4S/c1-6(9)4-11-17(15,16)7-2-3-8(10-5-7)12(13)14/h2-3,5-6,11H,4,9H2,1H3. The van der Waals surface area contributed by atoms with Crippen molar-refractivity contribution >= 4 is 15.8 Å². The van der Waals surface area contributed by atoms with Gasteiger partial charge in [-0.1, -0.05) is 0 Å². The van der Waals surface area contributed by atoms with Crippen LogP contribution in [-0.4, -0.2) is 30.9 Å². The highest BCUT2D eigenvalue weighted by atomic mass is 32.2. The van der Waals surface area contributed by atoms with Crippen molar-refractivity contribution in [2.45, 2.75) is 17.9 Å². The lowest BCUT2D eigenvalue weighted by Gasteiger charge is -2.07. The fraction of sp³-hybridized carbons (Fsp3) is 0.375. The molecule has 0 bridgehead atoms. The van der Waals surface area contributed by atoms with Crippen LogP contribution < -0.4 is 10.5 Å². The smallest absolute Gasteiger partial charge is 0.358 e. The van der Waals surface area contributed by atoms with Gasteiger partial charge in [0.15, 0.2) is 6.20 Å². The van der Waals surface area contributed by atoms with Crippen molar-refractivity contribution in [3.63, 3.8) is 0 Å². The van der Waals surface area contributed by atoms with E-state index < -0.39 is 20.8 Å². The Morgan fingerprint density at radius 1 is 1.59 bits per heavy atom. The lowest BCUT2D eigenvalue weighted by Crippen LogP contribution is -2.35. The molecule has 0 aliphatic heterocycles. The summed E-state index contributed by atoms with van der Waals surface area (Å²) >= 11 is 0. The van der Waals surface area contributed by atoms with Gasteiger partial charge in [-0.05, 0) is 22.9 Å². The van der Waals surface area contributed by atoms with E-state index in [4.69, 9.17) is 5.73 Å². The predicted molar refractivity (Wildman–Crippen MR) is 59.7 cm³/mol. The Bertz CT molecular complexity index is 497. The highest BCUT2D eigenvalue weighted by Crippen LogP contribution is 2.11. The van der Waals surface area contributed by atoms with E-state index in [1.165, 1.54) is 0 Å². The van der Waals surface area contributed by atoms with Crippen LogP contribution in [0.5, 0.6) is 0 Å². The summed E-state index contributed by atoms with van der Waals surface area (Å²) in [6.07, 6.45) is 0.932. The van der Waals surface area contributed by atoms with Gasteiger partial charge < -0.3 is 15.8 Å². The van der Waals surface area contributed by atoms with Gasteiger partial charge in [-0.3, -0.25) is 0 Å². The molecule has 17 heavy (non-hydrogen) atoms. The van der Waals surface area contributed by atoms with Crippen molar-refractivity contribution in [2.75, 3.05) is 6.54 Å². The van der Waals surface area contributed by atoms with Gasteiger partial charge in [0.2, 0.25) is 10.0 Å². The van der Waals surface area contributed by atoms with E-state index in [9.17, 15) is 18.5 Å². The average molecular weight is 260 g/mol. The molecule has 9 heteroatoms. The van der Waals surface area contributed by atoms with E-state index >= 15 is 0 Å². The largest absolute Gasteiger partial charge is 0.363 e. The van der Waals surface area contributed by atoms with Crippen LogP contribution in [0.4, 0.5) is 5.82 Å². The lowest BCUT2D eigenvalue weighted by molar-refractivity contribution is -0.389. The summed E-state index contributed by atoms with van der Waals surface area (Å²) in [5.41, 5.74) is 5.41. The summed E-state index contributed by atoms with van der Waals surface area (Å²) in [4.78, 5) is 12.9. The van der Waals surface area contributed by atoms with Crippen LogP contribution in [0.1, 0.15) is 6.92 Å². The van der Waals surface area contributed by atoms with E-state index in [0.717, 1.165) is 18.3 Å². The third kappa shape index (κ3) is 3.73. The Labute approximate surface area is 98.0 Å². The lowest BCUT2D eigenvalue weighted by atomic mass is 10.4. The summed E-state index contributed by atoms with van der Waals surface area (Å²) in [5, 5.41) is 10.3. The number of rotatable bonds is 5. The number of nitrogens with zero attached hydrogens (tertiary/aromatic N) is 2. The molecule has 0 saturated carbocycles. The van der Waals surface area contributed by atoms with Crippen LogP contribution in [0.15, 0.2) is 23.2 Å². The predicted octanol–water partition coefficient (Wildman–Crippen LogP) is -0.385. The molecule has 0 radical (unpaired) electrons. The molecule has 0 fully saturated rings. The molecule has 1 atom stereocenters. The fourth-order valence-electron chi connectivity index (χ4n) is 0.964. The zero-order valence-corrected chi connectivity index (χ0v) is 9.85. The molecule has 0 saturated heterocycles. The van der Waals surface area contributed by atoms with Crippen LogP contribution >= 0.6 is 0 Å². The van der Waals surface area contributed by atoms with Crippen molar-refractivity contribution < 1.29 is 13.3 Å². The Hall–Kier alpha value is -1.58. The Morgan fingerprint density at radius 2 is 2.24 bits per heavy atom. The van der Waals surface area contributed by atoms with Gasteiger partial charge in [-0.25, -0.2) is 13.1 Å². The zero-order valence-electron chi connectivity index (χ0n) is 9.03. The van der Waals surface area contributed by atoms with Crippen LogP contribution in [0.25, 0.3) is 0 Å². The number of sulfonamides is 1. The molecule has 0 spiro atoms. The first-order valence-electron chi connectivity index (χ1n) is 4.68. The van der Waals surface area contributed by atoms with Crippen molar-refractivity contribution in [1.29, 1.82) is 0 Å². The zero-order chi connectivity index (χ0) is 13.1. The topological polar surface area (TPSA) is 128 Å². The Kier molecular flexibility index (Phi) is 4.10. The molecular formula is C8H12N4O4S. The van der Waals surface area contributed by atoms with Crippen LogP contribution in [-0.2, 0) is 10.0 Å². The van der Waals surface area contributed by atoms with Crippen LogP contribution in [0, 0.1) is 10.1 Å². The third-order valence-electron chi connectivity index (χ3n) is 1.81. The molecule has 0 aliphatic rings. The first kappa shape index (κ1) is 13.5. The Morgan fingerprint density at radius 3 is 2.65 bits per heavy atom. The highest BCUT2D eigenvalue weighted by Gasteiger charge is 2.17. The molecular weight excluding hydrogens is 248 g/mol. The number of pyridine rings is 1. The van der Waals surface area contributed by atoms with Crippen molar-refractivity contribution in [3.05, 3.63) is 28.4 Å². The number of hydrogen-bond donors (Lipinski definition) is 2. The van der Waals surface area contributed by atoms with Gasteiger partial charge in [-0.15, -0.1) is 0 Å². The quantitative estimate of drug-likeness (QED) is 0.548. The minimum absolute atomic E-state index is 0.0827. The summed E-state index contributed by atoms with van der Waals surface area (Å²) < 4.78 is 25.5. The Balaban J connectivity index is 2.89. The molecule has 0 amide bonds. The van der Waals surface area contributed by atoms with Crippen molar-refractivity contribution in [1.82, 2.24) is 9.71 Å². The number of nitrogens with one attached hydrogen (secondary N) is 1. The molecule has 1 unspecified atom stereocenters. The molecule has 1 rings (SSSR count). The van der Waals surface area contributed by atoms with Crippen molar-refractivity contribution in [3.8, 4) is 0 Å². The van der Waals surface area contributed by atoms with Gasteiger partial charge in [0.05, 0.1) is 0 Å². The summed E-state index contributed by atoms with van der Waals surface area (Å²) in [6, 6.07) is 1.82. The molecule has 94 valence electrons. The maximum Gasteiger partial charge on any atom is 0.363 e. The van der Waals surface area contributed by atoms with Gasteiger partial charge in [0.1, 0.15) is 4.90 Å². The van der Waals surface area contributed by atoms with Gasteiger partial charge in [0, 0.05) is 18.7 Å². The average Bonchev–Trinajstić information content (AvgIpc) is 2.27. The second kappa shape index (κ2) is 5.17. The molecule has 8 nitrogen and oxygen atoms in total. The third-order valence-corrected chi connectivity index (χ3v) is 3.22. The number of nitrogens with two attached hydrogens (primary N) is 1. The van der Waals surface area contributed by atoms with E-state index in [1.54, 1.807) is 6.92 Å². The number of nitro groups is 1. The SMILES string of the molecule is CC(N)CNS(=O)(=O)c1ccc([N+](=O)[O-])nc1. The normalized spacial score (nSPS) is 13.3. The van der Waals surface area contributed by atoms with Crippen LogP contribution in [0.2, 0.25) is 0 Å². The van der Waals surface area contributed by atoms with Crippen LogP contribution in [0.3, 0.4) is 0 Å². The van der Waals surface area contributed by atoms with E-state index in [1.807, 2.05) is 0 Å². The minimum atomic E-state index is -3.71.